The molecule has 14 heavy (non-hydrogen) atoms. The Bertz CT molecular complexity index is 174. The van der Waals surface area contributed by atoms with E-state index in [9.17, 15) is 0 Å². The van der Waals surface area contributed by atoms with Crippen LogP contribution in [0.25, 0.3) is 0 Å². The fourth-order valence-corrected chi connectivity index (χ4v) is 2.57. The van der Waals surface area contributed by atoms with Gasteiger partial charge in [0, 0.05) is 30.6 Å². The number of rotatable bonds is 5. The van der Waals surface area contributed by atoms with Gasteiger partial charge in [-0.2, -0.15) is 0 Å². The maximum Gasteiger partial charge on any atom is 0.0532 e. The van der Waals surface area contributed by atoms with Crippen molar-refractivity contribution in [3.05, 3.63) is 0 Å². The highest BCUT2D eigenvalue weighted by Crippen LogP contribution is 2.34. The summed E-state index contributed by atoms with van der Waals surface area (Å²) in [5.74, 6) is 0.877. The van der Waals surface area contributed by atoms with Gasteiger partial charge in [-0.05, 0) is 31.6 Å². The molecule has 2 aliphatic rings. The lowest BCUT2D eigenvalue weighted by Gasteiger charge is -2.35. The number of ether oxygens (including phenoxy) is 2. The Morgan fingerprint density at radius 2 is 2.00 bits per heavy atom. The summed E-state index contributed by atoms with van der Waals surface area (Å²) >= 11 is 3.62. The highest BCUT2D eigenvalue weighted by Gasteiger charge is 2.32. The van der Waals surface area contributed by atoms with Gasteiger partial charge < -0.3 is 9.47 Å². The lowest BCUT2D eigenvalue weighted by Crippen LogP contribution is -2.35. The zero-order chi connectivity index (χ0) is 9.86. The van der Waals surface area contributed by atoms with E-state index in [0.29, 0.717) is 5.41 Å². The van der Waals surface area contributed by atoms with E-state index < -0.39 is 0 Å². The van der Waals surface area contributed by atoms with Gasteiger partial charge in [-0.3, -0.25) is 0 Å². The normalized spacial score (nSPS) is 26.4. The predicted octanol–water partition coefficient (Wildman–Crippen LogP) is 2.60. The number of alkyl halides is 1. The molecule has 0 amide bonds. The molecule has 2 fully saturated rings. The van der Waals surface area contributed by atoms with E-state index in [2.05, 4.69) is 15.9 Å². The molecule has 2 rings (SSSR count). The van der Waals surface area contributed by atoms with Crippen molar-refractivity contribution in [2.75, 3.05) is 31.8 Å². The molecule has 82 valence electrons. The quantitative estimate of drug-likeness (QED) is 0.710. The molecule has 0 aromatic rings. The lowest BCUT2D eigenvalue weighted by atomic mass is 9.83. The van der Waals surface area contributed by atoms with E-state index >= 15 is 0 Å². The van der Waals surface area contributed by atoms with Gasteiger partial charge in [0.1, 0.15) is 0 Å². The van der Waals surface area contributed by atoms with E-state index in [1.54, 1.807) is 0 Å². The summed E-state index contributed by atoms with van der Waals surface area (Å²) in [6.45, 7) is 3.70. The van der Waals surface area contributed by atoms with Gasteiger partial charge in [0.15, 0.2) is 0 Å². The van der Waals surface area contributed by atoms with Crippen LogP contribution in [0.4, 0.5) is 0 Å². The highest BCUT2D eigenvalue weighted by molar-refractivity contribution is 9.09. The summed E-state index contributed by atoms with van der Waals surface area (Å²) in [7, 11) is 0. The average Bonchev–Trinajstić information content (AvgIpc) is 3.03. The van der Waals surface area contributed by atoms with Gasteiger partial charge in [-0.25, -0.2) is 0 Å². The third-order valence-electron chi connectivity index (χ3n) is 3.30. The molecule has 0 radical (unpaired) electrons. The maximum atomic E-state index is 5.81. The molecular formula is C11H19BrO2. The van der Waals surface area contributed by atoms with Crippen molar-refractivity contribution in [1.29, 1.82) is 0 Å². The summed E-state index contributed by atoms with van der Waals surface area (Å²) in [5.41, 5.74) is 0.354. The Labute approximate surface area is 94.5 Å². The Morgan fingerprint density at radius 1 is 1.29 bits per heavy atom. The lowest BCUT2D eigenvalue weighted by molar-refractivity contribution is -0.0286. The topological polar surface area (TPSA) is 18.5 Å². The fraction of sp³-hybridized carbons (Fsp3) is 1.00. The van der Waals surface area contributed by atoms with Crippen LogP contribution in [0, 0.1) is 11.3 Å². The standard InChI is InChI=1S/C11H19BrO2/c12-8-11(3-5-13-6-4-11)9-14-7-10-1-2-10/h10H,1-9H2. The van der Waals surface area contributed by atoms with Crippen LogP contribution in [-0.2, 0) is 9.47 Å². The molecule has 0 unspecified atom stereocenters. The molecule has 1 aliphatic carbocycles. The van der Waals surface area contributed by atoms with Gasteiger partial charge >= 0.3 is 0 Å². The second kappa shape index (κ2) is 4.95. The van der Waals surface area contributed by atoms with E-state index in [1.165, 1.54) is 12.8 Å². The molecule has 1 saturated heterocycles. The average molecular weight is 263 g/mol. The van der Waals surface area contributed by atoms with Crippen molar-refractivity contribution in [3.8, 4) is 0 Å². The summed E-state index contributed by atoms with van der Waals surface area (Å²) in [4.78, 5) is 0. The molecule has 1 saturated carbocycles. The van der Waals surface area contributed by atoms with Crippen LogP contribution < -0.4 is 0 Å². The molecule has 0 bridgehead atoms. The summed E-state index contributed by atoms with van der Waals surface area (Å²) in [6, 6.07) is 0. The minimum Gasteiger partial charge on any atom is -0.381 e. The molecule has 3 heteroatoms. The SMILES string of the molecule is BrCC1(COCC2CC2)CCOCC1. The Balaban J connectivity index is 1.71. The van der Waals surface area contributed by atoms with Crippen molar-refractivity contribution in [3.63, 3.8) is 0 Å². The van der Waals surface area contributed by atoms with Crippen LogP contribution >= 0.6 is 15.9 Å². The van der Waals surface area contributed by atoms with E-state index in [-0.39, 0.29) is 0 Å². The largest absolute Gasteiger partial charge is 0.381 e. The number of halogens is 1. The van der Waals surface area contributed by atoms with Gasteiger partial charge in [-0.1, -0.05) is 15.9 Å². The molecular weight excluding hydrogens is 244 g/mol. The fourth-order valence-electron chi connectivity index (χ4n) is 1.85. The predicted molar refractivity (Wildman–Crippen MR) is 59.8 cm³/mol. The summed E-state index contributed by atoms with van der Waals surface area (Å²) in [5, 5.41) is 1.05. The van der Waals surface area contributed by atoms with Crippen LogP contribution in [0.2, 0.25) is 0 Å². The molecule has 1 aliphatic heterocycles. The smallest absolute Gasteiger partial charge is 0.0532 e. The molecule has 0 aromatic heterocycles. The van der Waals surface area contributed by atoms with Crippen LogP contribution in [-0.4, -0.2) is 31.8 Å². The van der Waals surface area contributed by atoms with Crippen molar-refractivity contribution in [1.82, 2.24) is 0 Å². The second-order valence-electron chi connectivity index (χ2n) is 4.70. The Hall–Kier alpha value is 0.400. The first kappa shape index (κ1) is 10.9. The molecule has 2 nitrogen and oxygen atoms in total. The number of hydrogen-bond acceptors (Lipinski definition) is 2. The first-order chi connectivity index (χ1) is 6.85. The van der Waals surface area contributed by atoms with Crippen LogP contribution in [0.5, 0.6) is 0 Å². The van der Waals surface area contributed by atoms with Gasteiger partial charge in [0.25, 0.3) is 0 Å². The van der Waals surface area contributed by atoms with E-state index in [4.69, 9.17) is 9.47 Å². The zero-order valence-corrected chi connectivity index (χ0v) is 10.2. The second-order valence-corrected chi connectivity index (χ2v) is 5.27. The number of hydrogen-bond donors (Lipinski definition) is 0. The third kappa shape index (κ3) is 2.94. The van der Waals surface area contributed by atoms with Gasteiger partial charge in [-0.15, -0.1) is 0 Å². The maximum absolute atomic E-state index is 5.81. The Kier molecular flexibility index (Phi) is 3.86. The molecule has 1 heterocycles. The van der Waals surface area contributed by atoms with Crippen molar-refractivity contribution in [2.45, 2.75) is 25.7 Å². The monoisotopic (exact) mass is 262 g/mol. The van der Waals surface area contributed by atoms with Crippen molar-refractivity contribution in [2.24, 2.45) is 11.3 Å². The summed E-state index contributed by atoms with van der Waals surface area (Å²) in [6.07, 6.45) is 5.04. The van der Waals surface area contributed by atoms with E-state index in [0.717, 1.165) is 50.5 Å². The molecule has 0 aromatic carbocycles. The van der Waals surface area contributed by atoms with Crippen molar-refractivity contribution >= 4 is 15.9 Å². The minimum atomic E-state index is 0.354. The Morgan fingerprint density at radius 3 is 2.57 bits per heavy atom. The molecule has 0 atom stereocenters. The van der Waals surface area contributed by atoms with Gasteiger partial charge in [0.2, 0.25) is 0 Å². The van der Waals surface area contributed by atoms with Gasteiger partial charge in [0.05, 0.1) is 6.61 Å². The third-order valence-corrected chi connectivity index (χ3v) is 4.49. The molecule has 0 N–H and O–H groups in total. The highest BCUT2D eigenvalue weighted by atomic mass is 79.9. The van der Waals surface area contributed by atoms with Crippen molar-refractivity contribution < 1.29 is 9.47 Å². The van der Waals surface area contributed by atoms with Crippen LogP contribution in [0.1, 0.15) is 25.7 Å². The first-order valence-corrected chi connectivity index (χ1v) is 6.68. The summed E-state index contributed by atoms with van der Waals surface area (Å²) < 4.78 is 11.2. The first-order valence-electron chi connectivity index (χ1n) is 5.56. The minimum absolute atomic E-state index is 0.354. The van der Waals surface area contributed by atoms with Crippen LogP contribution in [0.15, 0.2) is 0 Å². The molecule has 0 spiro atoms. The van der Waals surface area contributed by atoms with E-state index in [1.807, 2.05) is 0 Å². The zero-order valence-electron chi connectivity index (χ0n) is 8.64. The van der Waals surface area contributed by atoms with Crippen LogP contribution in [0.3, 0.4) is 0 Å².